The molecule has 10 nitrogen and oxygen atoms in total. The van der Waals surface area contributed by atoms with Gasteiger partial charge in [0.2, 0.25) is 21.8 Å². The molecule has 2 N–H and O–H groups in total. The second-order valence-electron chi connectivity index (χ2n) is 11.5. The summed E-state index contributed by atoms with van der Waals surface area (Å²) in [7, 11) is -0.818. The van der Waals surface area contributed by atoms with Gasteiger partial charge in [-0.2, -0.15) is 4.31 Å². The molecule has 1 aliphatic heterocycles. The number of fused-ring (bicyclic) bond motifs is 1. The van der Waals surface area contributed by atoms with Crippen LogP contribution in [0.2, 0.25) is 0 Å². The van der Waals surface area contributed by atoms with Gasteiger partial charge in [-0.1, -0.05) is 26.2 Å². The molecule has 1 fully saturated rings. The molecule has 42 heavy (non-hydrogen) atoms. The number of hydrogen-bond acceptors (Lipinski definition) is 7. The summed E-state index contributed by atoms with van der Waals surface area (Å²) >= 11 is 0. The number of nitrogens with zero attached hydrogens (tertiary/aromatic N) is 2. The van der Waals surface area contributed by atoms with E-state index in [-0.39, 0.29) is 54.7 Å². The highest BCUT2D eigenvalue weighted by atomic mass is 32.2. The Hall–Kier alpha value is -3.15. The Kier molecular flexibility index (Phi) is 10.5. The summed E-state index contributed by atoms with van der Waals surface area (Å²) in [6.07, 6.45) is 4.41. The summed E-state index contributed by atoms with van der Waals surface area (Å²) in [5, 5.41) is 12.9. The van der Waals surface area contributed by atoms with E-state index >= 15 is 0 Å². The molecule has 0 radical (unpaired) electrons. The minimum Gasteiger partial charge on any atom is -0.497 e. The largest absolute Gasteiger partial charge is 0.497 e. The maximum atomic E-state index is 13.5. The van der Waals surface area contributed by atoms with E-state index in [0.29, 0.717) is 22.7 Å². The van der Waals surface area contributed by atoms with Gasteiger partial charge in [0.25, 0.3) is 0 Å². The fourth-order valence-corrected chi connectivity index (χ4v) is 6.80. The van der Waals surface area contributed by atoms with Crippen molar-refractivity contribution >= 4 is 27.5 Å². The van der Waals surface area contributed by atoms with Crippen LogP contribution in [0, 0.1) is 11.8 Å². The SMILES string of the molecule is COc1ccc(S(=O)(=O)N(C)C[C@@H]2Oc3ccc(NC(=O)C4CCCCC4)cc3CC(=O)N([C@@H](C)CO)C[C@H]2C)cc1. The van der Waals surface area contributed by atoms with Crippen LogP contribution in [-0.2, 0) is 26.0 Å². The Morgan fingerprint density at radius 1 is 1.17 bits per heavy atom. The molecule has 0 unspecified atom stereocenters. The molecule has 3 atom stereocenters. The number of amides is 2. The van der Waals surface area contributed by atoms with E-state index in [1.165, 1.54) is 30.6 Å². The number of aliphatic hydroxyl groups excluding tert-OH is 1. The quantitative estimate of drug-likeness (QED) is 0.449. The fraction of sp³-hybridized carbons (Fsp3) is 0.548. The number of anilines is 1. The molecule has 1 aliphatic carbocycles. The smallest absolute Gasteiger partial charge is 0.242 e. The number of aliphatic hydroxyl groups is 1. The average Bonchev–Trinajstić information content (AvgIpc) is 3.04. The van der Waals surface area contributed by atoms with Crippen molar-refractivity contribution < 1.29 is 32.6 Å². The third kappa shape index (κ3) is 7.43. The van der Waals surface area contributed by atoms with Crippen LogP contribution in [0.15, 0.2) is 47.4 Å². The number of rotatable bonds is 9. The predicted molar refractivity (Wildman–Crippen MR) is 160 cm³/mol. The zero-order valence-electron chi connectivity index (χ0n) is 24.9. The van der Waals surface area contributed by atoms with Crippen molar-refractivity contribution in [3.63, 3.8) is 0 Å². The van der Waals surface area contributed by atoms with E-state index in [9.17, 15) is 23.1 Å². The van der Waals surface area contributed by atoms with Gasteiger partial charge in [0, 0.05) is 36.7 Å². The molecule has 4 rings (SSSR count). The Balaban J connectivity index is 1.61. The zero-order valence-corrected chi connectivity index (χ0v) is 25.7. The van der Waals surface area contributed by atoms with E-state index in [0.717, 1.165) is 32.1 Å². The Bertz CT molecular complexity index is 1340. The van der Waals surface area contributed by atoms with Crippen LogP contribution in [-0.4, -0.2) is 80.5 Å². The predicted octanol–water partition coefficient (Wildman–Crippen LogP) is 3.68. The minimum atomic E-state index is -3.84. The molecule has 0 spiro atoms. The van der Waals surface area contributed by atoms with Crippen molar-refractivity contribution in [1.29, 1.82) is 0 Å². The molecule has 0 saturated heterocycles. The zero-order chi connectivity index (χ0) is 30.4. The first kappa shape index (κ1) is 31.8. The summed E-state index contributed by atoms with van der Waals surface area (Å²) in [6, 6.07) is 11.0. The first-order valence-corrected chi connectivity index (χ1v) is 16.1. The number of sulfonamides is 1. The third-order valence-electron chi connectivity index (χ3n) is 8.36. The standard InChI is InChI=1S/C31H43N3O7S/c1-21-18-34(22(2)20-35)30(36)17-24-16-25(32-31(37)23-8-6-5-7-9-23)10-15-28(24)41-29(21)19-33(3)42(38,39)27-13-11-26(40-4)12-14-27/h10-16,21-23,29,35H,5-9,17-20H2,1-4H3,(H,32,37)/t21-,22+,29+/m1/s1. The molecular weight excluding hydrogens is 558 g/mol. The highest BCUT2D eigenvalue weighted by Crippen LogP contribution is 2.31. The lowest BCUT2D eigenvalue weighted by Crippen LogP contribution is -2.48. The van der Waals surface area contributed by atoms with Gasteiger partial charge in [-0.25, -0.2) is 8.42 Å². The third-order valence-corrected chi connectivity index (χ3v) is 10.2. The molecule has 0 bridgehead atoms. The lowest BCUT2D eigenvalue weighted by Gasteiger charge is -2.33. The van der Waals surface area contributed by atoms with Crippen molar-refractivity contribution in [2.75, 3.05) is 39.2 Å². The number of carbonyl (C=O) groups excluding carboxylic acids is 2. The van der Waals surface area contributed by atoms with Gasteiger partial charge < -0.3 is 24.8 Å². The van der Waals surface area contributed by atoms with E-state index < -0.39 is 22.2 Å². The van der Waals surface area contributed by atoms with E-state index in [4.69, 9.17) is 9.47 Å². The van der Waals surface area contributed by atoms with Gasteiger partial charge in [0.05, 0.1) is 37.6 Å². The van der Waals surface area contributed by atoms with Crippen LogP contribution >= 0.6 is 0 Å². The number of ether oxygens (including phenoxy) is 2. The normalized spacial score (nSPS) is 21.0. The number of hydrogen-bond donors (Lipinski definition) is 2. The summed E-state index contributed by atoms with van der Waals surface area (Å²) in [6.45, 7) is 3.79. The van der Waals surface area contributed by atoms with Crippen molar-refractivity contribution in [3.05, 3.63) is 48.0 Å². The summed E-state index contributed by atoms with van der Waals surface area (Å²) in [5.74, 6) is 0.536. The second kappa shape index (κ2) is 13.9. The second-order valence-corrected chi connectivity index (χ2v) is 13.5. The lowest BCUT2D eigenvalue weighted by atomic mass is 9.88. The Morgan fingerprint density at radius 2 is 1.86 bits per heavy atom. The number of benzene rings is 2. The lowest BCUT2D eigenvalue weighted by molar-refractivity contribution is -0.134. The van der Waals surface area contributed by atoms with E-state index in [1.54, 1.807) is 42.2 Å². The average molecular weight is 602 g/mol. The van der Waals surface area contributed by atoms with Gasteiger partial charge in [-0.3, -0.25) is 9.59 Å². The van der Waals surface area contributed by atoms with Crippen LogP contribution in [0.4, 0.5) is 5.69 Å². The van der Waals surface area contributed by atoms with Crippen LogP contribution in [0.1, 0.15) is 51.5 Å². The molecule has 11 heteroatoms. The maximum absolute atomic E-state index is 13.5. The van der Waals surface area contributed by atoms with Crippen LogP contribution in [0.5, 0.6) is 11.5 Å². The summed E-state index contributed by atoms with van der Waals surface area (Å²) in [5.41, 5.74) is 1.18. The number of nitrogens with one attached hydrogen (secondary N) is 1. The van der Waals surface area contributed by atoms with E-state index in [2.05, 4.69) is 5.32 Å². The first-order valence-electron chi connectivity index (χ1n) is 14.6. The molecule has 0 aromatic heterocycles. The van der Waals surface area contributed by atoms with Crippen molar-refractivity contribution in [3.8, 4) is 11.5 Å². The molecule has 2 aromatic carbocycles. The Morgan fingerprint density at radius 3 is 2.50 bits per heavy atom. The number of carbonyl (C=O) groups is 2. The van der Waals surface area contributed by atoms with Gasteiger partial charge in [0.1, 0.15) is 17.6 Å². The molecule has 1 saturated carbocycles. The van der Waals surface area contributed by atoms with Gasteiger partial charge in [-0.05, 0) is 62.2 Å². The van der Waals surface area contributed by atoms with Crippen LogP contribution in [0.25, 0.3) is 0 Å². The van der Waals surface area contributed by atoms with Gasteiger partial charge >= 0.3 is 0 Å². The molecule has 2 amide bonds. The Labute approximate surface area is 249 Å². The van der Waals surface area contributed by atoms with Crippen LogP contribution in [0.3, 0.4) is 0 Å². The summed E-state index contributed by atoms with van der Waals surface area (Å²) < 4.78 is 39.7. The van der Waals surface area contributed by atoms with Gasteiger partial charge in [-0.15, -0.1) is 0 Å². The van der Waals surface area contributed by atoms with Crippen LogP contribution < -0.4 is 14.8 Å². The van der Waals surface area contributed by atoms with Crippen molar-refractivity contribution in [1.82, 2.24) is 9.21 Å². The molecule has 2 aliphatic rings. The molecule has 1 heterocycles. The number of likely N-dealkylation sites (N-methyl/N-ethyl adjacent to an activating group) is 1. The topological polar surface area (TPSA) is 125 Å². The molecular formula is C31H43N3O7S. The van der Waals surface area contributed by atoms with E-state index in [1.807, 2.05) is 6.92 Å². The maximum Gasteiger partial charge on any atom is 0.242 e. The summed E-state index contributed by atoms with van der Waals surface area (Å²) in [4.78, 5) is 28.2. The highest BCUT2D eigenvalue weighted by molar-refractivity contribution is 7.89. The van der Waals surface area contributed by atoms with Crippen molar-refractivity contribution in [2.45, 2.75) is 69.4 Å². The van der Waals surface area contributed by atoms with Crippen molar-refractivity contribution in [2.24, 2.45) is 11.8 Å². The fourth-order valence-electron chi connectivity index (χ4n) is 5.61. The minimum absolute atomic E-state index is 0.0163. The van der Waals surface area contributed by atoms with Gasteiger partial charge in [0.15, 0.2) is 0 Å². The monoisotopic (exact) mass is 601 g/mol. The highest BCUT2D eigenvalue weighted by Gasteiger charge is 2.33. The number of methoxy groups -OCH3 is 1. The first-order chi connectivity index (χ1) is 20.0. The molecule has 230 valence electrons. The molecule has 2 aromatic rings.